The minimum absolute atomic E-state index is 0.903. The summed E-state index contributed by atoms with van der Waals surface area (Å²) in [4.78, 5) is 4.93. The molecule has 0 N–H and O–H groups in total. The van der Waals surface area contributed by atoms with Crippen LogP contribution in [-0.4, -0.2) is 0 Å². The molecule has 0 saturated heterocycles. The van der Waals surface area contributed by atoms with Crippen molar-refractivity contribution in [2.45, 2.75) is 6.42 Å². The van der Waals surface area contributed by atoms with Gasteiger partial charge in [0.15, 0.2) is 0 Å². The monoisotopic (exact) mass is 498 g/mol. The Balaban J connectivity index is 1.49. The first kappa shape index (κ1) is 22.0. The third-order valence-electron chi connectivity index (χ3n) is 7.93. The molecule has 0 atom stereocenters. The van der Waals surface area contributed by atoms with E-state index in [1.165, 1.54) is 61.5 Å². The molecule has 1 aliphatic heterocycles. The molecule has 39 heavy (non-hydrogen) atoms. The van der Waals surface area contributed by atoms with E-state index in [2.05, 4.69) is 155 Å². The van der Waals surface area contributed by atoms with Gasteiger partial charge in [-0.1, -0.05) is 103 Å². The fraction of sp³-hybridized carbons (Fsp3) is 0.0270. The van der Waals surface area contributed by atoms with Crippen LogP contribution in [0.1, 0.15) is 11.1 Å². The Morgan fingerprint density at radius 3 is 1.92 bits per heavy atom. The first-order valence-corrected chi connectivity index (χ1v) is 13.5. The lowest BCUT2D eigenvalue weighted by Gasteiger charge is -2.42. The largest absolute Gasteiger partial charge is 0.306 e. The highest BCUT2D eigenvalue weighted by Crippen LogP contribution is 2.58. The van der Waals surface area contributed by atoms with Crippen molar-refractivity contribution < 1.29 is 0 Å². The van der Waals surface area contributed by atoms with Crippen molar-refractivity contribution >= 4 is 51.0 Å². The maximum Gasteiger partial charge on any atom is 0.0745 e. The van der Waals surface area contributed by atoms with Gasteiger partial charge >= 0.3 is 0 Å². The number of fused-ring (bicyclic) bond motifs is 3. The number of rotatable bonds is 3. The molecule has 8 rings (SSSR count). The van der Waals surface area contributed by atoms with Crippen LogP contribution in [0.4, 0.5) is 34.1 Å². The predicted octanol–water partition coefficient (Wildman–Crippen LogP) is 10.3. The van der Waals surface area contributed by atoms with E-state index in [-0.39, 0.29) is 0 Å². The summed E-state index contributed by atoms with van der Waals surface area (Å²) in [6, 6.07) is 48.2. The van der Waals surface area contributed by atoms with Gasteiger partial charge in [0.25, 0.3) is 0 Å². The third-order valence-corrected chi connectivity index (χ3v) is 7.93. The average Bonchev–Trinajstić information content (AvgIpc) is 3.01. The summed E-state index contributed by atoms with van der Waals surface area (Å²) in [5, 5.41) is 2.64. The second-order valence-corrected chi connectivity index (χ2v) is 10.2. The molecule has 2 aliphatic rings. The maximum atomic E-state index is 2.48. The van der Waals surface area contributed by atoms with Gasteiger partial charge in [-0.3, -0.25) is 0 Å². The van der Waals surface area contributed by atoms with Crippen LogP contribution in [0.5, 0.6) is 0 Å². The smallest absolute Gasteiger partial charge is 0.0745 e. The molecule has 0 spiro atoms. The van der Waals surface area contributed by atoms with Crippen LogP contribution < -0.4 is 9.80 Å². The van der Waals surface area contributed by atoms with Crippen LogP contribution in [0.15, 0.2) is 140 Å². The molecule has 0 saturated carbocycles. The van der Waals surface area contributed by atoms with Gasteiger partial charge in [0.05, 0.1) is 22.7 Å². The zero-order valence-electron chi connectivity index (χ0n) is 21.5. The molecule has 0 amide bonds. The zero-order valence-corrected chi connectivity index (χ0v) is 21.5. The van der Waals surface area contributed by atoms with Gasteiger partial charge in [-0.25, -0.2) is 0 Å². The number of allylic oxidation sites excluding steroid dienone is 1. The highest BCUT2D eigenvalue weighted by molar-refractivity contribution is 6.11. The van der Waals surface area contributed by atoms with E-state index < -0.39 is 0 Å². The Hall–Kier alpha value is -5.08. The van der Waals surface area contributed by atoms with Crippen LogP contribution >= 0.6 is 0 Å². The molecular weight excluding hydrogens is 472 g/mol. The van der Waals surface area contributed by atoms with E-state index in [1.807, 2.05) is 0 Å². The normalized spacial score (nSPS) is 13.3. The van der Waals surface area contributed by atoms with Crippen molar-refractivity contribution in [3.05, 3.63) is 151 Å². The number of hydrogen-bond acceptors (Lipinski definition) is 2. The highest BCUT2D eigenvalue weighted by atomic mass is 15.3. The summed E-state index contributed by atoms with van der Waals surface area (Å²) >= 11 is 0. The Labute approximate surface area is 228 Å². The minimum atomic E-state index is 0.903. The van der Waals surface area contributed by atoms with E-state index in [0.717, 1.165) is 12.1 Å². The van der Waals surface area contributed by atoms with E-state index in [4.69, 9.17) is 0 Å². The third kappa shape index (κ3) is 3.42. The summed E-state index contributed by atoms with van der Waals surface area (Å²) in [5.74, 6) is 0. The van der Waals surface area contributed by atoms with E-state index in [1.54, 1.807) is 0 Å². The van der Waals surface area contributed by atoms with Gasteiger partial charge in [-0.05, 0) is 81.9 Å². The SMILES string of the molecule is C1=Cc2cccc3cc4c(c(c23)C1)N(c1ccccc1)c1ccc(-c2ccccc2)cc1N4c1ccccc1. The lowest BCUT2D eigenvalue weighted by atomic mass is 9.88. The summed E-state index contributed by atoms with van der Waals surface area (Å²) < 4.78 is 0. The molecule has 184 valence electrons. The van der Waals surface area contributed by atoms with Crippen molar-refractivity contribution in [1.82, 2.24) is 0 Å². The van der Waals surface area contributed by atoms with Gasteiger partial charge in [0, 0.05) is 11.4 Å². The number of benzene rings is 6. The Morgan fingerprint density at radius 2 is 1.18 bits per heavy atom. The molecule has 6 aromatic rings. The topological polar surface area (TPSA) is 6.48 Å². The first-order chi connectivity index (χ1) is 19.4. The van der Waals surface area contributed by atoms with Gasteiger partial charge in [0.1, 0.15) is 0 Å². The van der Waals surface area contributed by atoms with Gasteiger partial charge in [-0.15, -0.1) is 0 Å². The zero-order chi connectivity index (χ0) is 25.8. The molecule has 0 fully saturated rings. The predicted molar refractivity (Wildman–Crippen MR) is 165 cm³/mol. The number of hydrogen-bond donors (Lipinski definition) is 0. The standard InChI is InChI=1S/C37H26N2/c1-4-12-26(13-5-1)28-22-23-33-34(24-28)38(30-17-6-2-7-18-30)35-25-29-16-10-14-27-15-11-21-32(36(27)29)37(35)39(33)31-19-8-3-9-20-31/h1-20,22-25H,21H2. The molecule has 2 heteroatoms. The molecule has 0 radical (unpaired) electrons. The van der Waals surface area contributed by atoms with Gasteiger partial charge in [-0.2, -0.15) is 0 Å². The highest BCUT2D eigenvalue weighted by Gasteiger charge is 2.34. The Morgan fingerprint density at radius 1 is 0.487 bits per heavy atom. The summed E-state index contributed by atoms with van der Waals surface area (Å²) in [6.45, 7) is 0. The molecule has 2 nitrogen and oxygen atoms in total. The molecular formula is C37H26N2. The van der Waals surface area contributed by atoms with Crippen molar-refractivity contribution in [2.24, 2.45) is 0 Å². The van der Waals surface area contributed by atoms with E-state index in [9.17, 15) is 0 Å². The van der Waals surface area contributed by atoms with Crippen LogP contribution in [0.3, 0.4) is 0 Å². The second-order valence-electron chi connectivity index (χ2n) is 10.2. The maximum absolute atomic E-state index is 2.48. The number of nitrogens with zero attached hydrogens (tertiary/aromatic N) is 2. The van der Waals surface area contributed by atoms with Crippen LogP contribution in [-0.2, 0) is 6.42 Å². The van der Waals surface area contributed by atoms with E-state index in [0.29, 0.717) is 0 Å². The molecule has 6 aromatic carbocycles. The molecule has 1 heterocycles. The second kappa shape index (κ2) is 8.75. The van der Waals surface area contributed by atoms with Crippen LogP contribution in [0, 0.1) is 0 Å². The Bertz CT molecular complexity index is 1870. The summed E-state index contributed by atoms with van der Waals surface area (Å²) in [5.41, 5.74) is 12.2. The van der Waals surface area contributed by atoms with Crippen molar-refractivity contribution in [3.63, 3.8) is 0 Å². The molecule has 1 aliphatic carbocycles. The quantitative estimate of drug-likeness (QED) is 0.239. The lowest BCUT2D eigenvalue weighted by Crippen LogP contribution is -2.25. The van der Waals surface area contributed by atoms with Crippen molar-refractivity contribution in [1.29, 1.82) is 0 Å². The van der Waals surface area contributed by atoms with Crippen molar-refractivity contribution in [2.75, 3.05) is 9.80 Å². The van der Waals surface area contributed by atoms with Gasteiger partial charge < -0.3 is 9.80 Å². The first-order valence-electron chi connectivity index (χ1n) is 13.5. The van der Waals surface area contributed by atoms with Gasteiger partial charge in [0.2, 0.25) is 0 Å². The molecule has 0 aromatic heterocycles. The van der Waals surface area contributed by atoms with Crippen molar-refractivity contribution in [3.8, 4) is 11.1 Å². The fourth-order valence-electron chi connectivity index (χ4n) is 6.26. The van der Waals surface area contributed by atoms with Crippen LogP contribution in [0.25, 0.3) is 28.0 Å². The van der Waals surface area contributed by atoms with E-state index >= 15 is 0 Å². The number of anilines is 6. The fourth-order valence-corrected chi connectivity index (χ4v) is 6.26. The molecule has 0 unspecified atom stereocenters. The average molecular weight is 499 g/mol. The minimum Gasteiger partial charge on any atom is -0.306 e. The summed E-state index contributed by atoms with van der Waals surface area (Å²) in [6.07, 6.45) is 5.48. The Kier molecular flexibility index (Phi) is 4.92. The summed E-state index contributed by atoms with van der Waals surface area (Å²) in [7, 11) is 0. The van der Waals surface area contributed by atoms with Crippen LogP contribution in [0.2, 0.25) is 0 Å². The molecule has 0 bridgehead atoms. The number of para-hydroxylation sites is 2. The lowest BCUT2D eigenvalue weighted by molar-refractivity contribution is 1.14.